The molecule has 2 nitrogen and oxygen atoms in total. The predicted octanol–water partition coefficient (Wildman–Crippen LogP) is 3.95. The quantitative estimate of drug-likeness (QED) is 0.836. The fourth-order valence-corrected chi connectivity index (χ4v) is 2.82. The first-order valence-corrected chi connectivity index (χ1v) is 7.27. The van der Waals surface area contributed by atoms with E-state index < -0.39 is 0 Å². The minimum absolute atomic E-state index is 0.0203. The highest BCUT2D eigenvalue weighted by atomic mass is 35.5. The number of amides is 1. The molecule has 1 aliphatic heterocycles. The molecule has 4 heteroatoms. The van der Waals surface area contributed by atoms with Gasteiger partial charge in [-0.25, -0.2) is 0 Å². The highest BCUT2D eigenvalue weighted by molar-refractivity contribution is 6.30. The van der Waals surface area contributed by atoms with E-state index in [-0.39, 0.29) is 11.3 Å². The van der Waals surface area contributed by atoms with Crippen molar-refractivity contribution >= 4 is 29.1 Å². The van der Waals surface area contributed by atoms with Gasteiger partial charge in [-0.15, -0.1) is 11.6 Å². The molecule has 1 atom stereocenters. The van der Waals surface area contributed by atoms with Crippen molar-refractivity contribution in [3.63, 3.8) is 0 Å². The van der Waals surface area contributed by atoms with Gasteiger partial charge in [-0.1, -0.05) is 35.9 Å². The van der Waals surface area contributed by atoms with Gasteiger partial charge in [0.05, 0.1) is 5.38 Å². The first-order chi connectivity index (χ1) is 9.65. The normalized spacial score (nSPS) is 15.4. The fourth-order valence-electron chi connectivity index (χ4n) is 2.41. The number of nitrogens with one attached hydrogen (secondary N) is 1. The third-order valence-electron chi connectivity index (χ3n) is 3.51. The summed E-state index contributed by atoms with van der Waals surface area (Å²) in [5.74, 6) is -0.0203. The van der Waals surface area contributed by atoms with Gasteiger partial charge >= 0.3 is 0 Å². The van der Waals surface area contributed by atoms with Crippen LogP contribution in [0.15, 0.2) is 42.5 Å². The van der Waals surface area contributed by atoms with Crippen molar-refractivity contribution in [2.75, 3.05) is 6.54 Å². The van der Waals surface area contributed by atoms with Crippen LogP contribution in [-0.2, 0) is 6.42 Å². The highest BCUT2D eigenvalue weighted by Crippen LogP contribution is 2.31. The van der Waals surface area contributed by atoms with Crippen molar-refractivity contribution in [2.24, 2.45) is 0 Å². The SMILES string of the molecule is O=C1NCCc2ccc(C(Cl)c3ccc(Cl)cc3)cc21. The summed E-state index contributed by atoms with van der Waals surface area (Å²) in [5.41, 5.74) is 3.70. The number of hydrogen-bond donors (Lipinski definition) is 1. The molecule has 2 aromatic rings. The first-order valence-electron chi connectivity index (χ1n) is 6.46. The van der Waals surface area contributed by atoms with Gasteiger partial charge in [-0.2, -0.15) is 0 Å². The van der Waals surface area contributed by atoms with Crippen molar-refractivity contribution in [3.05, 3.63) is 69.7 Å². The van der Waals surface area contributed by atoms with Crippen LogP contribution >= 0.6 is 23.2 Å². The number of halogens is 2. The smallest absolute Gasteiger partial charge is 0.251 e. The predicted molar refractivity (Wildman–Crippen MR) is 81.6 cm³/mol. The lowest BCUT2D eigenvalue weighted by molar-refractivity contribution is 0.0946. The average molecular weight is 306 g/mol. The van der Waals surface area contributed by atoms with Gasteiger partial charge in [0, 0.05) is 17.1 Å². The molecule has 1 N–H and O–H groups in total. The fraction of sp³-hybridized carbons (Fsp3) is 0.188. The van der Waals surface area contributed by atoms with Crippen LogP contribution in [0.3, 0.4) is 0 Å². The summed E-state index contributed by atoms with van der Waals surface area (Å²) in [4.78, 5) is 11.9. The summed E-state index contributed by atoms with van der Waals surface area (Å²) in [6, 6.07) is 13.3. The zero-order chi connectivity index (χ0) is 14.1. The van der Waals surface area contributed by atoms with Gasteiger partial charge in [0.2, 0.25) is 0 Å². The zero-order valence-electron chi connectivity index (χ0n) is 10.7. The van der Waals surface area contributed by atoms with Gasteiger partial charge in [0.15, 0.2) is 0 Å². The van der Waals surface area contributed by atoms with Crippen molar-refractivity contribution in [3.8, 4) is 0 Å². The Morgan fingerprint density at radius 1 is 1.05 bits per heavy atom. The van der Waals surface area contributed by atoms with E-state index in [1.807, 2.05) is 42.5 Å². The van der Waals surface area contributed by atoms with Crippen LogP contribution in [0.5, 0.6) is 0 Å². The maximum Gasteiger partial charge on any atom is 0.251 e. The van der Waals surface area contributed by atoms with E-state index in [1.165, 1.54) is 0 Å². The molecular weight excluding hydrogens is 293 g/mol. The average Bonchev–Trinajstić information content (AvgIpc) is 2.47. The molecule has 0 fully saturated rings. The monoisotopic (exact) mass is 305 g/mol. The number of carbonyl (C=O) groups excluding carboxylic acids is 1. The molecule has 0 saturated heterocycles. The van der Waals surface area contributed by atoms with Gasteiger partial charge < -0.3 is 5.32 Å². The standard InChI is InChI=1S/C16H13Cl2NO/c17-13-5-3-11(4-6-13)15(18)12-2-1-10-7-8-19-16(20)14(10)9-12/h1-6,9,15H,7-8H2,(H,19,20). The molecule has 0 aliphatic carbocycles. The van der Waals surface area contributed by atoms with Crippen LogP contribution in [0, 0.1) is 0 Å². The molecule has 0 aromatic heterocycles. The molecule has 3 rings (SSSR count). The summed E-state index contributed by atoms with van der Waals surface area (Å²) in [7, 11) is 0. The van der Waals surface area contributed by atoms with E-state index in [0.29, 0.717) is 11.6 Å². The molecule has 0 saturated carbocycles. The van der Waals surface area contributed by atoms with Crippen molar-refractivity contribution in [1.29, 1.82) is 0 Å². The van der Waals surface area contributed by atoms with Crippen molar-refractivity contribution < 1.29 is 4.79 Å². The number of benzene rings is 2. The second-order valence-corrected chi connectivity index (χ2v) is 5.71. The van der Waals surface area contributed by atoms with Gasteiger partial charge in [-0.3, -0.25) is 4.79 Å². The molecule has 1 amide bonds. The zero-order valence-corrected chi connectivity index (χ0v) is 12.2. The Balaban J connectivity index is 1.96. The van der Waals surface area contributed by atoms with Gasteiger partial charge in [0.1, 0.15) is 0 Å². The van der Waals surface area contributed by atoms with E-state index in [2.05, 4.69) is 5.32 Å². The minimum atomic E-state index is -0.285. The van der Waals surface area contributed by atoms with Gasteiger partial charge in [0.25, 0.3) is 5.91 Å². The molecule has 0 bridgehead atoms. The Bertz CT molecular complexity index is 652. The third-order valence-corrected chi connectivity index (χ3v) is 4.27. The van der Waals surface area contributed by atoms with E-state index in [1.54, 1.807) is 0 Å². The Labute approximate surface area is 127 Å². The topological polar surface area (TPSA) is 29.1 Å². The first kappa shape index (κ1) is 13.5. The summed E-state index contributed by atoms with van der Waals surface area (Å²) in [6.07, 6.45) is 0.870. The lowest BCUT2D eigenvalue weighted by atomic mass is 9.95. The largest absolute Gasteiger partial charge is 0.352 e. The second kappa shape index (κ2) is 5.47. The maximum absolute atomic E-state index is 11.9. The van der Waals surface area contributed by atoms with E-state index in [4.69, 9.17) is 23.2 Å². The lowest BCUT2D eigenvalue weighted by Gasteiger charge is -2.19. The minimum Gasteiger partial charge on any atom is -0.352 e. The van der Waals surface area contributed by atoms with Crippen LogP contribution < -0.4 is 5.32 Å². The van der Waals surface area contributed by atoms with E-state index in [0.717, 1.165) is 28.7 Å². The second-order valence-electron chi connectivity index (χ2n) is 4.84. The Morgan fingerprint density at radius 2 is 1.75 bits per heavy atom. The summed E-state index contributed by atoms with van der Waals surface area (Å²) < 4.78 is 0. The summed E-state index contributed by atoms with van der Waals surface area (Å²) >= 11 is 12.4. The van der Waals surface area contributed by atoms with Crippen LogP contribution in [0.25, 0.3) is 0 Å². The third kappa shape index (κ3) is 2.54. The molecule has 102 valence electrons. The van der Waals surface area contributed by atoms with Crippen molar-refractivity contribution in [2.45, 2.75) is 11.8 Å². The lowest BCUT2D eigenvalue weighted by Crippen LogP contribution is -2.31. The molecule has 1 unspecified atom stereocenters. The molecular formula is C16H13Cl2NO. The van der Waals surface area contributed by atoms with E-state index in [9.17, 15) is 4.79 Å². The summed E-state index contributed by atoms with van der Waals surface area (Å²) in [6.45, 7) is 0.701. The maximum atomic E-state index is 11.9. The molecule has 20 heavy (non-hydrogen) atoms. The molecule has 0 radical (unpaired) electrons. The number of hydrogen-bond acceptors (Lipinski definition) is 1. The Kier molecular flexibility index (Phi) is 3.68. The van der Waals surface area contributed by atoms with E-state index >= 15 is 0 Å². The van der Waals surface area contributed by atoms with Crippen LogP contribution in [0.1, 0.15) is 32.4 Å². The van der Waals surface area contributed by atoms with Crippen LogP contribution in [0.4, 0.5) is 0 Å². The Morgan fingerprint density at radius 3 is 2.50 bits per heavy atom. The molecule has 1 heterocycles. The van der Waals surface area contributed by atoms with Crippen LogP contribution in [-0.4, -0.2) is 12.5 Å². The Hall–Kier alpha value is -1.51. The molecule has 2 aromatic carbocycles. The number of fused-ring (bicyclic) bond motifs is 1. The number of rotatable bonds is 2. The number of carbonyl (C=O) groups is 1. The number of alkyl halides is 1. The van der Waals surface area contributed by atoms with Crippen molar-refractivity contribution in [1.82, 2.24) is 5.32 Å². The van der Waals surface area contributed by atoms with Gasteiger partial charge in [-0.05, 0) is 41.3 Å². The molecule has 1 aliphatic rings. The highest BCUT2D eigenvalue weighted by Gasteiger charge is 2.19. The summed E-state index contributed by atoms with van der Waals surface area (Å²) in [5, 5.41) is 3.25. The van der Waals surface area contributed by atoms with Crippen LogP contribution in [0.2, 0.25) is 5.02 Å². The molecule has 0 spiro atoms.